The summed E-state index contributed by atoms with van der Waals surface area (Å²) in [5, 5.41) is 11.3. The number of aryl methyl sites for hydroxylation is 1. The highest BCUT2D eigenvalue weighted by Gasteiger charge is 2.50. The van der Waals surface area contributed by atoms with Crippen LogP contribution in [-0.2, 0) is 16.9 Å². The van der Waals surface area contributed by atoms with Crippen molar-refractivity contribution in [2.24, 2.45) is 0 Å². The molecule has 0 bridgehead atoms. The molecule has 1 N–H and O–H groups in total. The summed E-state index contributed by atoms with van der Waals surface area (Å²) in [5.41, 5.74) is 1.84. The van der Waals surface area contributed by atoms with Gasteiger partial charge < -0.3 is 10.0 Å². The van der Waals surface area contributed by atoms with E-state index in [9.17, 15) is 14.7 Å². The van der Waals surface area contributed by atoms with Gasteiger partial charge in [0.25, 0.3) is 5.91 Å². The lowest BCUT2D eigenvalue weighted by Gasteiger charge is -2.23. The Kier molecular flexibility index (Phi) is 4.57. The average Bonchev–Trinajstić information content (AvgIpc) is 2.91. The molecule has 0 spiro atoms. The number of anilines is 1. The minimum atomic E-state index is -1.85. The number of hydrogen-bond acceptors (Lipinski definition) is 3. The standard InChI is InChI=1S/C24H21NO3/c1-17-8-7-9-18(14-17)16-25-21-13-6-5-12-20(21)24(28,23(25)27)15-22(26)19-10-3-2-4-11-19/h2-14,28H,15-16H2,1H3/t24-/m1/s1. The number of amides is 1. The smallest absolute Gasteiger partial charge is 0.264 e. The van der Waals surface area contributed by atoms with Crippen LogP contribution >= 0.6 is 0 Å². The predicted octanol–water partition coefficient (Wildman–Crippen LogP) is 4.00. The summed E-state index contributed by atoms with van der Waals surface area (Å²) in [6, 6.07) is 23.8. The molecule has 3 aromatic rings. The fourth-order valence-corrected chi connectivity index (χ4v) is 3.79. The molecule has 0 unspecified atom stereocenters. The predicted molar refractivity (Wildman–Crippen MR) is 108 cm³/mol. The first-order valence-electron chi connectivity index (χ1n) is 9.27. The molecule has 140 valence electrons. The zero-order valence-electron chi connectivity index (χ0n) is 15.6. The van der Waals surface area contributed by atoms with Crippen molar-refractivity contribution in [1.82, 2.24) is 0 Å². The minimum absolute atomic E-state index is 0.261. The number of ketones is 1. The molecule has 0 radical (unpaired) electrons. The van der Waals surface area contributed by atoms with E-state index in [-0.39, 0.29) is 12.2 Å². The number of aliphatic hydroxyl groups is 1. The zero-order valence-corrected chi connectivity index (χ0v) is 15.6. The van der Waals surface area contributed by atoms with E-state index in [1.807, 2.05) is 49.4 Å². The number of carbonyl (C=O) groups excluding carboxylic acids is 2. The number of Topliss-reactive ketones (excluding diaryl/α,β-unsaturated/α-hetero) is 1. The molecule has 28 heavy (non-hydrogen) atoms. The summed E-state index contributed by atoms with van der Waals surface area (Å²) in [6.07, 6.45) is -0.281. The van der Waals surface area contributed by atoms with Crippen LogP contribution in [0, 0.1) is 6.92 Å². The second-order valence-corrected chi connectivity index (χ2v) is 7.22. The molecule has 4 rings (SSSR count). The maximum absolute atomic E-state index is 13.3. The van der Waals surface area contributed by atoms with E-state index in [1.165, 1.54) is 0 Å². The fourth-order valence-electron chi connectivity index (χ4n) is 3.79. The minimum Gasteiger partial charge on any atom is -0.375 e. The molecule has 0 aromatic heterocycles. The van der Waals surface area contributed by atoms with Gasteiger partial charge in [0, 0.05) is 11.1 Å². The van der Waals surface area contributed by atoms with Gasteiger partial charge in [-0.1, -0.05) is 78.4 Å². The molecule has 1 atom stereocenters. The second kappa shape index (κ2) is 7.06. The largest absolute Gasteiger partial charge is 0.375 e. The third-order valence-corrected chi connectivity index (χ3v) is 5.17. The van der Waals surface area contributed by atoms with Crippen LogP contribution in [0.25, 0.3) is 0 Å². The topological polar surface area (TPSA) is 57.6 Å². The second-order valence-electron chi connectivity index (χ2n) is 7.22. The SMILES string of the molecule is Cc1cccc(CN2C(=O)[C@@](O)(CC(=O)c3ccccc3)c3ccccc32)c1. The number of hydrogen-bond donors (Lipinski definition) is 1. The van der Waals surface area contributed by atoms with Crippen LogP contribution in [0.5, 0.6) is 0 Å². The van der Waals surface area contributed by atoms with Gasteiger partial charge in [0.15, 0.2) is 11.4 Å². The van der Waals surface area contributed by atoms with Crippen LogP contribution in [-0.4, -0.2) is 16.8 Å². The van der Waals surface area contributed by atoms with Crippen molar-refractivity contribution in [1.29, 1.82) is 0 Å². The Bertz CT molecular complexity index is 1040. The number of carbonyl (C=O) groups is 2. The molecule has 0 fully saturated rings. The van der Waals surface area contributed by atoms with Crippen LogP contribution in [0.3, 0.4) is 0 Å². The highest BCUT2D eigenvalue weighted by atomic mass is 16.3. The van der Waals surface area contributed by atoms with Gasteiger partial charge in [-0.25, -0.2) is 0 Å². The third kappa shape index (κ3) is 3.12. The van der Waals surface area contributed by atoms with Gasteiger partial charge in [0.05, 0.1) is 18.7 Å². The van der Waals surface area contributed by atoms with Crippen molar-refractivity contribution >= 4 is 17.4 Å². The number of para-hydroxylation sites is 1. The quantitative estimate of drug-likeness (QED) is 0.690. The van der Waals surface area contributed by atoms with Gasteiger partial charge in [-0.05, 0) is 18.6 Å². The molecule has 0 saturated heterocycles. The summed E-state index contributed by atoms with van der Waals surface area (Å²) in [4.78, 5) is 27.6. The molecule has 0 saturated carbocycles. The Balaban J connectivity index is 1.69. The average molecular weight is 371 g/mol. The Hall–Kier alpha value is -3.24. The summed E-state index contributed by atoms with van der Waals surface area (Å²) < 4.78 is 0. The summed E-state index contributed by atoms with van der Waals surface area (Å²) >= 11 is 0. The molecule has 0 aliphatic carbocycles. The van der Waals surface area contributed by atoms with Gasteiger partial charge in [-0.15, -0.1) is 0 Å². The van der Waals surface area contributed by atoms with Crippen molar-refractivity contribution in [2.75, 3.05) is 4.90 Å². The number of rotatable bonds is 5. The molecule has 4 heteroatoms. The van der Waals surface area contributed by atoms with E-state index >= 15 is 0 Å². The maximum atomic E-state index is 13.3. The molecule has 1 amide bonds. The van der Waals surface area contributed by atoms with E-state index in [0.29, 0.717) is 23.4 Å². The van der Waals surface area contributed by atoms with E-state index in [2.05, 4.69) is 0 Å². The molecule has 3 aromatic carbocycles. The van der Waals surface area contributed by atoms with E-state index in [0.717, 1.165) is 11.1 Å². The van der Waals surface area contributed by atoms with E-state index in [4.69, 9.17) is 0 Å². The zero-order chi connectivity index (χ0) is 19.7. The molecule has 4 nitrogen and oxygen atoms in total. The fraction of sp³-hybridized carbons (Fsp3) is 0.167. The van der Waals surface area contributed by atoms with Crippen molar-refractivity contribution < 1.29 is 14.7 Å². The van der Waals surface area contributed by atoms with E-state index < -0.39 is 11.5 Å². The van der Waals surface area contributed by atoms with Crippen molar-refractivity contribution in [3.05, 3.63) is 101 Å². The lowest BCUT2D eigenvalue weighted by Crippen LogP contribution is -2.41. The molecule has 1 aliphatic rings. The number of nitrogens with zero attached hydrogens (tertiary/aromatic N) is 1. The Morgan fingerprint density at radius 3 is 2.43 bits per heavy atom. The first-order chi connectivity index (χ1) is 13.5. The number of benzene rings is 3. The lowest BCUT2D eigenvalue weighted by atomic mass is 9.88. The molecular formula is C24H21NO3. The van der Waals surface area contributed by atoms with Gasteiger partial charge in [0.2, 0.25) is 0 Å². The maximum Gasteiger partial charge on any atom is 0.264 e. The first-order valence-corrected chi connectivity index (χ1v) is 9.27. The molecule has 1 aliphatic heterocycles. The Labute approximate surface area is 164 Å². The van der Waals surface area contributed by atoms with Crippen LogP contribution in [0.1, 0.15) is 33.5 Å². The van der Waals surface area contributed by atoms with Gasteiger partial charge in [0.1, 0.15) is 0 Å². The van der Waals surface area contributed by atoms with Gasteiger partial charge in [-0.3, -0.25) is 9.59 Å². The summed E-state index contributed by atoms with van der Waals surface area (Å²) in [6.45, 7) is 2.34. The van der Waals surface area contributed by atoms with Gasteiger partial charge >= 0.3 is 0 Å². The summed E-state index contributed by atoms with van der Waals surface area (Å²) in [7, 11) is 0. The molecular weight excluding hydrogens is 350 g/mol. The summed E-state index contributed by atoms with van der Waals surface area (Å²) in [5.74, 6) is -0.719. The van der Waals surface area contributed by atoms with Crippen LogP contribution in [0.4, 0.5) is 5.69 Å². The van der Waals surface area contributed by atoms with E-state index in [1.54, 1.807) is 41.3 Å². The third-order valence-electron chi connectivity index (χ3n) is 5.17. The highest BCUT2D eigenvalue weighted by Crippen LogP contribution is 2.43. The van der Waals surface area contributed by atoms with Crippen LogP contribution in [0.15, 0.2) is 78.9 Å². The first kappa shape index (κ1) is 18.1. The van der Waals surface area contributed by atoms with Crippen LogP contribution in [0.2, 0.25) is 0 Å². The van der Waals surface area contributed by atoms with Crippen molar-refractivity contribution in [2.45, 2.75) is 25.5 Å². The molecule has 1 heterocycles. The highest BCUT2D eigenvalue weighted by molar-refractivity contribution is 6.10. The van der Waals surface area contributed by atoms with Crippen molar-refractivity contribution in [3.63, 3.8) is 0 Å². The van der Waals surface area contributed by atoms with Gasteiger partial charge in [-0.2, -0.15) is 0 Å². The number of fused-ring (bicyclic) bond motifs is 1. The monoisotopic (exact) mass is 371 g/mol. The van der Waals surface area contributed by atoms with Crippen molar-refractivity contribution in [3.8, 4) is 0 Å². The normalized spacial score (nSPS) is 18.2. The Morgan fingerprint density at radius 1 is 0.964 bits per heavy atom. The Morgan fingerprint density at radius 2 is 1.68 bits per heavy atom. The van der Waals surface area contributed by atoms with Crippen LogP contribution < -0.4 is 4.90 Å². The lowest BCUT2D eigenvalue weighted by molar-refractivity contribution is -0.136.